The number of benzene rings is 1. The molecule has 0 saturated heterocycles. The Morgan fingerprint density at radius 2 is 1.76 bits per heavy atom. The number of nitrogens with one attached hydrogen (secondary N) is 1. The lowest BCUT2D eigenvalue weighted by Crippen LogP contribution is -2.18. The van der Waals surface area contributed by atoms with E-state index in [1.807, 2.05) is 0 Å². The van der Waals surface area contributed by atoms with Crippen molar-refractivity contribution in [2.75, 3.05) is 5.32 Å². The van der Waals surface area contributed by atoms with Gasteiger partial charge in [-0.2, -0.15) is 0 Å². The first kappa shape index (κ1) is 12.5. The standard InChI is InChI=1S/C16H25N/c1-3-6-15(7-4-2)17-16-11-10-13-8-5-9-14(13)12-16/h10-12,15,17H,3-9H2,1-2H3. The summed E-state index contributed by atoms with van der Waals surface area (Å²) in [6.45, 7) is 4.54. The summed E-state index contributed by atoms with van der Waals surface area (Å²) in [7, 11) is 0. The van der Waals surface area contributed by atoms with E-state index in [0.29, 0.717) is 6.04 Å². The second kappa shape index (κ2) is 6.09. The van der Waals surface area contributed by atoms with Gasteiger partial charge in [-0.05, 0) is 55.4 Å². The van der Waals surface area contributed by atoms with Crippen LogP contribution in [0.2, 0.25) is 0 Å². The number of anilines is 1. The maximum absolute atomic E-state index is 3.71. The van der Waals surface area contributed by atoms with E-state index >= 15 is 0 Å². The van der Waals surface area contributed by atoms with Gasteiger partial charge in [-0.1, -0.05) is 32.8 Å². The number of hydrogen-bond acceptors (Lipinski definition) is 1. The molecule has 0 bridgehead atoms. The summed E-state index contributed by atoms with van der Waals surface area (Å²) >= 11 is 0. The molecule has 94 valence electrons. The molecule has 1 aliphatic carbocycles. The lowest BCUT2D eigenvalue weighted by molar-refractivity contribution is 0.586. The maximum atomic E-state index is 3.71. The molecule has 0 atom stereocenters. The molecule has 0 fully saturated rings. The van der Waals surface area contributed by atoms with Gasteiger partial charge in [0, 0.05) is 11.7 Å². The van der Waals surface area contributed by atoms with Crippen molar-refractivity contribution in [3.05, 3.63) is 29.3 Å². The van der Waals surface area contributed by atoms with Gasteiger partial charge < -0.3 is 5.32 Å². The zero-order valence-electron chi connectivity index (χ0n) is 11.3. The SMILES string of the molecule is CCCC(CCC)Nc1ccc2c(c1)CCC2. The Morgan fingerprint density at radius 1 is 1.06 bits per heavy atom. The van der Waals surface area contributed by atoms with Gasteiger partial charge in [0.2, 0.25) is 0 Å². The highest BCUT2D eigenvalue weighted by molar-refractivity contribution is 5.50. The fourth-order valence-electron chi connectivity index (χ4n) is 2.88. The molecule has 0 aliphatic heterocycles. The molecular formula is C16H25N. The Labute approximate surface area is 106 Å². The van der Waals surface area contributed by atoms with Crippen LogP contribution < -0.4 is 5.32 Å². The number of aryl methyl sites for hydroxylation is 2. The first-order valence-electron chi connectivity index (χ1n) is 7.21. The molecule has 0 unspecified atom stereocenters. The summed E-state index contributed by atoms with van der Waals surface area (Å²) in [5.41, 5.74) is 4.47. The van der Waals surface area contributed by atoms with Crippen molar-refractivity contribution in [1.29, 1.82) is 0 Å². The molecule has 0 aromatic heterocycles. The Balaban J connectivity index is 2.01. The minimum atomic E-state index is 0.657. The minimum Gasteiger partial charge on any atom is -0.382 e. The van der Waals surface area contributed by atoms with Gasteiger partial charge in [-0.25, -0.2) is 0 Å². The fraction of sp³-hybridized carbons (Fsp3) is 0.625. The molecular weight excluding hydrogens is 206 g/mol. The van der Waals surface area contributed by atoms with E-state index in [-0.39, 0.29) is 0 Å². The molecule has 1 N–H and O–H groups in total. The van der Waals surface area contributed by atoms with Crippen LogP contribution in [0.15, 0.2) is 18.2 Å². The van der Waals surface area contributed by atoms with Crippen molar-refractivity contribution < 1.29 is 0 Å². The third-order valence-electron chi connectivity index (χ3n) is 3.74. The lowest BCUT2D eigenvalue weighted by atomic mass is 10.0. The first-order valence-corrected chi connectivity index (χ1v) is 7.21. The molecule has 0 heterocycles. The highest BCUT2D eigenvalue weighted by Gasteiger charge is 2.12. The molecule has 0 spiro atoms. The normalized spacial score (nSPS) is 14.1. The van der Waals surface area contributed by atoms with Crippen LogP contribution >= 0.6 is 0 Å². The summed E-state index contributed by atoms with van der Waals surface area (Å²) in [6.07, 6.45) is 8.99. The molecule has 0 amide bonds. The van der Waals surface area contributed by atoms with Gasteiger partial charge in [0.15, 0.2) is 0 Å². The van der Waals surface area contributed by atoms with E-state index in [9.17, 15) is 0 Å². The maximum Gasteiger partial charge on any atom is 0.0345 e. The number of fused-ring (bicyclic) bond motifs is 1. The molecule has 1 aromatic carbocycles. The van der Waals surface area contributed by atoms with Gasteiger partial charge in [0.25, 0.3) is 0 Å². The van der Waals surface area contributed by atoms with Crippen molar-refractivity contribution in [3.63, 3.8) is 0 Å². The van der Waals surface area contributed by atoms with Gasteiger partial charge in [-0.3, -0.25) is 0 Å². The second-order valence-electron chi connectivity index (χ2n) is 5.26. The van der Waals surface area contributed by atoms with E-state index in [1.54, 1.807) is 11.1 Å². The van der Waals surface area contributed by atoms with Crippen LogP contribution in [0.25, 0.3) is 0 Å². The van der Waals surface area contributed by atoms with Crippen LogP contribution in [0.1, 0.15) is 57.1 Å². The van der Waals surface area contributed by atoms with E-state index in [2.05, 4.69) is 37.4 Å². The molecule has 1 aromatic rings. The van der Waals surface area contributed by atoms with Crippen LogP contribution in [0.4, 0.5) is 5.69 Å². The predicted octanol–water partition coefficient (Wildman–Crippen LogP) is 4.56. The van der Waals surface area contributed by atoms with Crippen molar-refractivity contribution in [3.8, 4) is 0 Å². The highest BCUT2D eigenvalue weighted by Crippen LogP contribution is 2.25. The number of rotatable bonds is 6. The Kier molecular flexibility index (Phi) is 4.47. The molecule has 0 saturated carbocycles. The quantitative estimate of drug-likeness (QED) is 0.757. The van der Waals surface area contributed by atoms with Crippen LogP contribution in [0.3, 0.4) is 0 Å². The summed E-state index contributed by atoms with van der Waals surface area (Å²) in [6, 6.07) is 7.62. The van der Waals surface area contributed by atoms with E-state index < -0.39 is 0 Å². The Morgan fingerprint density at radius 3 is 2.47 bits per heavy atom. The minimum absolute atomic E-state index is 0.657. The zero-order chi connectivity index (χ0) is 12.1. The van der Waals surface area contributed by atoms with Crippen LogP contribution in [-0.2, 0) is 12.8 Å². The summed E-state index contributed by atoms with van der Waals surface area (Å²) < 4.78 is 0. The molecule has 0 radical (unpaired) electrons. The highest BCUT2D eigenvalue weighted by atomic mass is 14.9. The average molecular weight is 231 g/mol. The predicted molar refractivity (Wildman–Crippen MR) is 75.7 cm³/mol. The van der Waals surface area contributed by atoms with Crippen molar-refractivity contribution >= 4 is 5.69 Å². The topological polar surface area (TPSA) is 12.0 Å². The lowest BCUT2D eigenvalue weighted by Gasteiger charge is -2.19. The van der Waals surface area contributed by atoms with E-state index in [4.69, 9.17) is 0 Å². The first-order chi connectivity index (χ1) is 8.33. The van der Waals surface area contributed by atoms with Crippen LogP contribution in [-0.4, -0.2) is 6.04 Å². The van der Waals surface area contributed by atoms with Crippen molar-refractivity contribution in [2.24, 2.45) is 0 Å². The van der Waals surface area contributed by atoms with Gasteiger partial charge >= 0.3 is 0 Å². The van der Waals surface area contributed by atoms with Gasteiger partial charge in [-0.15, -0.1) is 0 Å². The molecule has 2 rings (SSSR count). The molecule has 1 nitrogen and oxygen atoms in total. The van der Waals surface area contributed by atoms with Crippen molar-refractivity contribution in [1.82, 2.24) is 0 Å². The van der Waals surface area contributed by atoms with E-state index in [0.717, 1.165) is 0 Å². The van der Waals surface area contributed by atoms with Crippen LogP contribution in [0, 0.1) is 0 Å². The Hall–Kier alpha value is -0.980. The summed E-state index contributed by atoms with van der Waals surface area (Å²) in [4.78, 5) is 0. The number of hydrogen-bond donors (Lipinski definition) is 1. The summed E-state index contributed by atoms with van der Waals surface area (Å²) in [5, 5.41) is 3.71. The largest absolute Gasteiger partial charge is 0.382 e. The average Bonchev–Trinajstić information content (AvgIpc) is 2.77. The smallest absolute Gasteiger partial charge is 0.0345 e. The summed E-state index contributed by atoms with van der Waals surface area (Å²) in [5.74, 6) is 0. The monoisotopic (exact) mass is 231 g/mol. The fourth-order valence-corrected chi connectivity index (χ4v) is 2.88. The molecule has 17 heavy (non-hydrogen) atoms. The van der Waals surface area contributed by atoms with Crippen molar-refractivity contribution in [2.45, 2.75) is 64.8 Å². The van der Waals surface area contributed by atoms with Gasteiger partial charge in [0.05, 0.1) is 0 Å². The molecule has 1 aliphatic rings. The Bertz CT molecular complexity index is 351. The third kappa shape index (κ3) is 3.24. The van der Waals surface area contributed by atoms with E-state index in [1.165, 1.54) is 50.6 Å². The zero-order valence-corrected chi connectivity index (χ0v) is 11.3. The molecule has 1 heteroatoms. The van der Waals surface area contributed by atoms with Gasteiger partial charge in [0.1, 0.15) is 0 Å². The van der Waals surface area contributed by atoms with Crippen LogP contribution in [0.5, 0.6) is 0 Å². The second-order valence-corrected chi connectivity index (χ2v) is 5.26. The third-order valence-corrected chi connectivity index (χ3v) is 3.74.